The van der Waals surface area contributed by atoms with Gasteiger partial charge in [-0.1, -0.05) is 6.07 Å². The van der Waals surface area contributed by atoms with Crippen LogP contribution < -0.4 is 0 Å². The van der Waals surface area contributed by atoms with Crippen molar-refractivity contribution < 1.29 is 13.9 Å². The number of amides is 1. The van der Waals surface area contributed by atoms with Gasteiger partial charge >= 0.3 is 6.09 Å². The first kappa shape index (κ1) is 17.0. The van der Waals surface area contributed by atoms with Crippen LogP contribution >= 0.6 is 22.6 Å². The molecule has 1 aliphatic rings. The van der Waals surface area contributed by atoms with Crippen LogP contribution in [0.25, 0.3) is 0 Å². The largest absolute Gasteiger partial charge is 0.444 e. The zero-order chi connectivity index (χ0) is 16.5. The molecule has 0 radical (unpaired) electrons. The fourth-order valence-corrected chi connectivity index (χ4v) is 3.06. The second kappa shape index (κ2) is 6.03. The van der Waals surface area contributed by atoms with Gasteiger partial charge in [-0.3, -0.25) is 0 Å². The van der Waals surface area contributed by atoms with Crippen molar-refractivity contribution in [3.8, 4) is 6.07 Å². The van der Waals surface area contributed by atoms with Crippen LogP contribution in [-0.4, -0.2) is 29.7 Å². The molecule has 1 fully saturated rings. The van der Waals surface area contributed by atoms with Crippen molar-refractivity contribution in [2.75, 3.05) is 13.1 Å². The lowest BCUT2D eigenvalue weighted by atomic mass is 9.76. The fourth-order valence-electron chi connectivity index (χ4n) is 2.39. The molecule has 4 nitrogen and oxygen atoms in total. The molecule has 2 rings (SSSR count). The van der Waals surface area contributed by atoms with Crippen molar-refractivity contribution in [2.24, 2.45) is 5.41 Å². The van der Waals surface area contributed by atoms with Gasteiger partial charge in [-0.25, -0.2) is 9.18 Å². The van der Waals surface area contributed by atoms with Crippen LogP contribution in [0.15, 0.2) is 18.2 Å². The van der Waals surface area contributed by atoms with Crippen molar-refractivity contribution in [3.63, 3.8) is 0 Å². The molecular weight excluding hydrogens is 398 g/mol. The van der Waals surface area contributed by atoms with E-state index >= 15 is 0 Å². The zero-order valence-corrected chi connectivity index (χ0v) is 15.0. The molecule has 22 heavy (non-hydrogen) atoms. The molecule has 1 aromatic carbocycles. The van der Waals surface area contributed by atoms with Crippen molar-refractivity contribution in [1.29, 1.82) is 5.26 Å². The summed E-state index contributed by atoms with van der Waals surface area (Å²) in [6, 6.07) is 6.85. The molecule has 0 unspecified atom stereocenters. The molecule has 0 saturated carbocycles. The van der Waals surface area contributed by atoms with E-state index < -0.39 is 17.1 Å². The molecule has 0 bridgehead atoms. The SMILES string of the molecule is CC(C)(C)OC(=O)N1CC(C#N)(Cc2ccc(F)cc2I)C1. The standard InChI is InChI=1S/C16H18FIN2O2/c1-15(2,3)22-14(21)20-9-16(8-19,10-20)7-11-4-5-12(17)6-13(11)18/h4-6H,7,9-10H2,1-3H3. The van der Waals surface area contributed by atoms with E-state index in [4.69, 9.17) is 4.74 Å². The predicted molar refractivity (Wildman–Crippen MR) is 88.7 cm³/mol. The summed E-state index contributed by atoms with van der Waals surface area (Å²) in [5.41, 5.74) is -0.240. The molecule has 1 aliphatic heterocycles. The Hall–Kier alpha value is -1.36. The van der Waals surface area contributed by atoms with Gasteiger partial charge in [0.25, 0.3) is 0 Å². The Morgan fingerprint density at radius 1 is 1.50 bits per heavy atom. The Morgan fingerprint density at radius 3 is 2.64 bits per heavy atom. The van der Waals surface area contributed by atoms with Gasteiger partial charge in [0, 0.05) is 16.7 Å². The molecule has 0 aromatic heterocycles. The summed E-state index contributed by atoms with van der Waals surface area (Å²) in [5, 5.41) is 9.47. The first-order chi connectivity index (χ1) is 10.1. The van der Waals surface area contributed by atoms with Crippen LogP contribution in [0.1, 0.15) is 26.3 Å². The van der Waals surface area contributed by atoms with Gasteiger partial charge in [-0.05, 0) is 67.5 Å². The number of likely N-dealkylation sites (tertiary alicyclic amines) is 1. The maximum absolute atomic E-state index is 13.1. The number of benzene rings is 1. The van der Waals surface area contributed by atoms with Gasteiger partial charge in [0.05, 0.1) is 11.5 Å². The summed E-state index contributed by atoms with van der Waals surface area (Å²) >= 11 is 2.06. The van der Waals surface area contributed by atoms with Crippen LogP contribution in [0.3, 0.4) is 0 Å². The zero-order valence-electron chi connectivity index (χ0n) is 12.8. The molecule has 1 amide bonds. The topological polar surface area (TPSA) is 53.3 Å². The quantitative estimate of drug-likeness (QED) is 0.691. The molecule has 0 atom stereocenters. The van der Waals surface area contributed by atoms with E-state index in [9.17, 15) is 14.4 Å². The average molecular weight is 416 g/mol. The summed E-state index contributed by atoms with van der Waals surface area (Å²) in [4.78, 5) is 13.5. The Balaban J connectivity index is 2.03. The number of carbonyl (C=O) groups excluding carboxylic acids is 1. The van der Waals surface area contributed by atoms with E-state index in [0.717, 1.165) is 9.13 Å². The Kier molecular flexibility index (Phi) is 4.66. The van der Waals surface area contributed by atoms with Gasteiger partial charge in [0.1, 0.15) is 11.4 Å². The molecule has 0 spiro atoms. The Morgan fingerprint density at radius 2 is 2.14 bits per heavy atom. The highest BCUT2D eigenvalue weighted by Gasteiger charge is 2.47. The summed E-state index contributed by atoms with van der Waals surface area (Å²) in [7, 11) is 0. The van der Waals surface area contributed by atoms with Crippen LogP contribution in [0.2, 0.25) is 0 Å². The van der Waals surface area contributed by atoms with E-state index in [-0.39, 0.29) is 5.82 Å². The van der Waals surface area contributed by atoms with E-state index in [1.165, 1.54) is 17.0 Å². The second-order valence-corrected chi connectivity index (χ2v) is 7.80. The minimum Gasteiger partial charge on any atom is -0.444 e. The molecule has 6 heteroatoms. The lowest BCUT2D eigenvalue weighted by molar-refractivity contribution is -0.0162. The van der Waals surface area contributed by atoms with Gasteiger partial charge < -0.3 is 9.64 Å². The summed E-state index contributed by atoms with van der Waals surface area (Å²) in [5.74, 6) is -0.289. The van der Waals surface area contributed by atoms with Gasteiger partial charge in [0.15, 0.2) is 0 Å². The smallest absolute Gasteiger partial charge is 0.410 e. The van der Waals surface area contributed by atoms with Crippen LogP contribution in [0.5, 0.6) is 0 Å². The predicted octanol–water partition coefficient (Wildman–Crippen LogP) is 3.73. The maximum atomic E-state index is 13.1. The summed E-state index contributed by atoms with van der Waals surface area (Å²) in [6.45, 7) is 6.10. The van der Waals surface area contributed by atoms with Crippen LogP contribution in [0, 0.1) is 26.1 Å². The molecule has 0 N–H and O–H groups in total. The van der Waals surface area contributed by atoms with Crippen molar-refractivity contribution in [3.05, 3.63) is 33.1 Å². The first-order valence-corrected chi connectivity index (χ1v) is 8.05. The highest BCUT2D eigenvalue weighted by Crippen LogP contribution is 2.35. The number of ether oxygens (including phenoxy) is 1. The molecule has 1 heterocycles. The van der Waals surface area contributed by atoms with Crippen LogP contribution in [-0.2, 0) is 11.2 Å². The van der Waals surface area contributed by atoms with Gasteiger partial charge in [0.2, 0.25) is 0 Å². The first-order valence-electron chi connectivity index (χ1n) is 6.97. The molecule has 1 aromatic rings. The maximum Gasteiger partial charge on any atom is 0.410 e. The van der Waals surface area contributed by atoms with E-state index in [2.05, 4.69) is 28.7 Å². The van der Waals surface area contributed by atoms with E-state index in [1.54, 1.807) is 6.07 Å². The number of nitrogens with zero attached hydrogens (tertiary/aromatic N) is 2. The number of hydrogen-bond acceptors (Lipinski definition) is 3. The lowest BCUT2D eigenvalue weighted by Gasteiger charge is -2.45. The third-order valence-corrected chi connectivity index (χ3v) is 4.42. The van der Waals surface area contributed by atoms with E-state index in [0.29, 0.717) is 19.5 Å². The van der Waals surface area contributed by atoms with E-state index in [1.807, 2.05) is 20.8 Å². The van der Waals surface area contributed by atoms with Gasteiger partial charge in [-0.15, -0.1) is 0 Å². The highest BCUT2D eigenvalue weighted by atomic mass is 127. The Bertz CT molecular complexity index is 628. The number of rotatable bonds is 2. The minimum atomic E-state index is -0.616. The number of carbonyl (C=O) groups is 1. The molecular formula is C16H18FIN2O2. The lowest BCUT2D eigenvalue weighted by Crippen LogP contribution is -2.59. The monoisotopic (exact) mass is 416 g/mol. The summed E-state index contributed by atoms with van der Waals surface area (Å²) in [6.07, 6.45) is 0.105. The normalized spacial score (nSPS) is 16.6. The van der Waals surface area contributed by atoms with Gasteiger partial charge in [-0.2, -0.15) is 5.26 Å². The molecule has 1 saturated heterocycles. The number of hydrogen-bond donors (Lipinski definition) is 0. The molecule has 118 valence electrons. The third kappa shape index (κ3) is 3.88. The van der Waals surface area contributed by atoms with Crippen molar-refractivity contribution in [1.82, 2.24) is 4.90 Å². The third-order valence-electron chi connectivity index (χ3n) is 3.42. The minimum absolute atomic E-state index is 0.289. The fraction of sp³-hybridized carbons (Fsp3) is 0.500. The highest BCUT2D eigenvalue weighted by molar-refractivity contribution is 14.1. The second-order valence-electron chi connectivity index (χ2n) is 6.64. The van der Waals surface area contributed by atoms with Crippen LogP contribution in [0.4, 0.5) is 9.18 Å². The Labute approximate surface area is 143 Å². The molecule has 0 aliphatic carbocycles. The number of halogens is 2. The average Bonchev–Trinajstić information content (AvgIpc) is 2.33. The van der Waals surface area contributed by atoms with Crippen molar-refractivity contribution in [2.45, 2.75) is 32.8 Å². The summed E-state index contributed by atoms with van der Waals surface area (Å²) < 4.78 is 19.2. The number of nitriles is 1. The van der Waals surface area contributed by atoms with Crippen molar-refractivity contribution >= 4 is 28.7 Å².